The number of hydrogen-bond donors (Lipinski definition) is 1. The molecule has 2 heterocycles. The Morgan fingerprint density at radius 1 is 1.23 bits per heavy atom. The van der Waals surface area contributed by atoms with Gasteiger partial charge in [-0.3, -0.25) is 19.7 Å². The van der Waals surface area contributed by atoms with Gasteiger partial charge in [0.1, 0.15) is 10.4 Å². The first-order valence-corrected chi connectivity index (χ1v) is 8.70. The molecule has 3 rings (SSSR count). The largest absolute Gasteiger partial charge is 0.344 e. The molecule has 26 heavy (non-hydrogen) atoms. The minimum atomic E-state index is -0.547. The molecule has 2 aromatic heterocycles. The summed E-state index contributed by atoms with van der Waals surface area (Å²) in [6.45, 7) is 1.71. The topological polar surface area (TPSA) is 84.3 Å². The first kappa shape index (κ1) is 17.8. The first-order valence-electron chi connectivity index (χ1n) is 7.88. The third kappa shape index (κ3) is 3.11. The maximum Gasteiger partial charge on any atom is 0.265 e. The Morgan fingerprint density at radius 2 is 1.92 bits per heavy atom. The zero-order valence-electron chi connectivity index (χ0n) is 14.9. The highest BCUT2D eigenvalue weighted by molar-refractivity contribution is 7.17. The maximum absolute atomic E-state index is 12.6. The van der Waals surface area contributed by atoms with Crippen LogP contribution >= 0.6 is 11.3 Å². The number of carbonyl (C=O) groups is 2. The average molecular weight is 370 g/mol. The van der Waals surface area contributed by atoms with Crippen LogP contribution in [0.2, 0.25) is 0 Å². The van der Waals surface area contributed by atoms with E-state index >= 15 is 0 Å². The number of nitrogens with zero attached hydrogens (tertiary/aromatic N) is 3. The summed E-state index contributed by atoms with van der Waals surface area (Å²) in [5, 5.41) is 3.71. The number of amides is 2. The fourth-order valence-electron chi connectivity index (χ4n) is 2.60. The van der Waals surface area contributed by atoms with Crippen molar-refractivity contribution >= 4 is 39.2 Å². The number of anilines is 1. The molecule has 0 bridgehead atoms. The summed E-state index contributed by atoms with van der Waals surface area (Å²) < 4.78 is 1.44. The minimum Gasteiger partial charge on any atom is -0.344 e. The van der Waals surface area contributed by atoms with Crippen molar-refractivity contribution in [2.24, 2.45) is 7.05 Å². The lowest BCUT2D eigenvalue weighted by atomic mass is 10.1. The number of benzene rings is 1. The van der Waals surface area contributed by atoms with Gasteiger partial charge in [-0.25, -0.2) is 4.98 Å². The van der Waals surface area contributed by atoms with Crippen LogP contribution in [0.25, 0.3) is 10.9 Å². The SMILES string of the molecule is Cc1nc(NC(=O)c2cc3ccccc3n(C)c2=O)sc1C(=O)N(C)C. The van der Waals surface area contributed by atoms with E-state index in [4.69, 9.17) is 0 Å². The minimum absolute atomic E-state index is 0.0274. The van der Waals surface area contributed by atoms with E-state index < -0.39 is 5.91 Å². The molecule has 0 unspecified atom stereocenters. The highest BCUT2D eigenvalue weighted by atomic mass is 32.1. The Kier molecular flexibility index (Phi) is 4.60. The lowest BCUT2D eigenvalue weighted by Crippen LogP contribution is -2.27. The Balaban J connectivity index is 1.95. The molecule has 0 aliphatic heterocycles. The van der Waals surface area contributed by atoms with E-state index in [9.17, 15) is 14.4 Å². The van der Waals surface area contributed by atoms with Crippen LogP contribution in [0.15, 0.2) is 35.1 Å². The van der Waals surface area contributed by atoms with Gasteiger partial charge in [-0.05, 0) is 24.4 Å². The summed E-state index contributed by atoms with van der Waals surface area (Å²) in [7, 11) is 4.93. The normalized spacial score (nSPS) is 10.8. The van der Waals surface area contributed by atoms with E-state index in [-0.39, 0.29) is 22.2 Å². The molecule has 2 amide bonds. The quantitative estimate of drug-likeness (QED) is 0.766. The summed E-state index contributed by atoms with van der Waals surface area (Å²) in [5.74, 6) is -0.726. The van der Waals surface area contributed by atoms with Gasteiger partial charge in [0.2, 0.25) is 0 Å². The zero-order chi connectivity index (χ0) is 19.0. The van der Waals surface area contributed by atoms with Crippen LogP contribution in [0.1, 0.15) is 25.7 Å². The molecule has 0 fully saturated rings. The number of aromatic nitrogens is 2. The fourth-order valence-corrected chi connectivity index (χ4v) is 3.58. The van der Waals surface area contributed by atoms with Crippen molar-refractivity contribution in [1.29, 1.82) is 0 Å². The first-order chi connectivity index (χ1) is 12.3. The predicted molar refractivity (Wildman–Crippen MR) is 102 cm³/mol. The number of nitrogens with one attached hydrogen (secondary N) is 1. The molecule has 1 aromatic carbocycles. The summed E-state index contributed by atoms with van der Waals surface area (Å²) in [4.78, 5) is 43.3. The summed E-state index contributed by atoms with van der Waals surface area (Å²) in [6.07, 6.45) is 0. The molecular formula is C18H18N4O3S. The molecular weight excluding hydrogens is 352 g/mol. The highest BCUT2D eigenvalue weighted by Crippen LogP contribution is 2.24. The summed E-state index contributed by atoms with van der Waals surface area (Å²) in [6, 6.07) is 8.91. The van der Waals surface area contributed by atoms with Gasteiger partial charge in [0.05, 0.1) is 11.2 Å². The number of pyridine rings is 1. The second-order valence-corrected chi connectivity index (χ2v) is 7.07. The lowest BCUT2D eigenvalue weighted by Gasteiger charge is -2.08. The lowest BCUT2D eigenvalue weighted by molar-refractivity contribution is 0.0831. The van der Waals surface area contributed by atoms with Crippen molar-refractivity contribution in [2.45, 2.75) is 6.92 Å². The molecule has 0 atom stereocenters. The van der Waals surface area contributed by atoms with Gasteiger partial charge < -0.3 is 9.47 Å². The average Bonchev–Trinajstić information content (AvgIpc) is 2.97. The van der Waals surface area contributed by atoms with Gasteiger partial charge in [-0.1, -0.05) is 29.5 Å². The maximum atomic E-state index is 12.6. The van der Waals surface area contributed by atoms with Crippen LogP contribution in [0.3, 0.4) is 0 Å². The third-order valence-electron chi connectivity index (χ3n) is 4.00. The van der Waals surface area contributed by atoms with Gasteiger partial charge in [-0.15, -0.1) is 0 Å². The molecule has 0 spiro atoms. The second-order valence-electron chi connectivity index (χ2n) is 6.07. The summed E-state index contributed by atoms with van der Waals surface area (Å²) in [5.41, 5.74) is 0.923. The Bertz CT molecular complexity index is 1080. The highest BCUT2D eigenvalue weighted by Gasteiger charge is 2.20. The van der Waals surface area contributed by atoms with Crippen molar-refractivity contribution in [3.63, 3.8) is 0 Å². The van der Waals surface area contributed by atoms with E-state index in [1.165, 1.54) is 9.47 Å². The molecule has 0 radical (unpaired) electrons. The number of aryl methyl sites for hydroxylation is 2. The van der Waals surface area contributed by atoms with Crippen LogP contribution in [-0.2, 0) is 7.05 Å². The van der Waals surface area contributed by atoms with Gasteiger partial charge in [0.25, 0.3) is 17.4 Å². The van der Waals surface area contributed by atoms with Crippen LogP contribution in [-0.4, -0.2) is 40.4 Å². The number of thiazole rings is 1. The van der Waals surface area contributed by atoms with Crippen LogP contribution in [0.5, 0.6) is 0 Å². The molecule has 7 nitrogen and oxygen atoms in total. The van der Waals surface area contributed by atoms with Crippen molar-refractivity contribution in [3.05, 3.63) is 56.8 Å². The summed E-state index contributed by atoms with van der Waals surface area (Å²) >= 11 is 1.09. The molecule has 0 saturated heterocycles. The number of para-hydroxylation sites is 1. The smallest absolute Gasteiger partial charge is 0.265 e. The van der Waals surface area contributed by atoms with E-state index in [2.05, 4.69) is 10.3 Å². The third-order valence-corrected chi connectivity index (χ3v) is 5.06. The molecule has 0 saturated carbocycles. The van der Waals surface area contributed by atoms with Crippen molar-refractivity contribution < 1.29 is 9.59 Å². The number of hydrogen-bond acceptors (Lipinski definition) is 5. The molecule has 0 aliphatic rings. The Labute approximate surface area is 153 Å². The van der Waals surface area contributed by atoms with E-state index in [1.807, 2.05) is 24.3 Å². The second kappa shape index (κ2) is 6.72. The van der Waals surface area contributed by atoms with Crippen LogP contribution in [0, 0.1) is 6.92 Å². The van der Waals surface area contributed by atoms with Crippen LogP contribution in [0.4, 0.5) is 5.13 Å². The Morgan fingerprint density at radius 3 is 2.62 bits per heavy atom. The van der Waals surface area contributed by atoms with E-state index in [0.717, 1.165) is 22.2 Å². The monoisotopic (exact) mass is 370 g/mol. The predicted octanol–water partition coefficient (Wildman–Crippen LogP) is 2.26. The molecule has 134 valence electrons. The number of fused-ring (bicyclic) bond motifs is 1. The van der Waals surface area contributed by atoms with Crippen molar-refractivity contribution in [3.8, 4) is 0 Å². The molecule has 8 heteroatoms. The van der Waals surface area contributed by atoms with E-state index in [1.54, 1.807) is 34.1 Å². The van der Waals surface area contributed by atoms with Gasteiger partial charge >= 0.3 is 0 Å². The number of rotatable bonds is 3. The van der Waals surface area contributed by atoms with Crippen molar-refractivity contribution in [1.82, 2.24) is 14.5 Å². The van der Waals surface area contributed by atoms with Crippen molar-refractivity contribution in [2.75, 3.05) is 19.4 Å². The van der Waals surface area contributed by atoms with E-state index in [0.29, 0.717) is 10.6 Å². The van der Waals surface area contributed by atoms with Gasteiger partial charge in [0, 0.05) is 21.1 Å². The standard InChI is InChI=1S/C18H18N4O3S/c1-10-14(17(25)21(2)3)26-18(19-10)20-15(23)12-9-11-7-5-6-8-13(11)22(4)16(12)24/h5-9H,1-4H3,(H,19,20,23). The van der Waals surface area contributed by atoms with Gasteiger partial charge in [0.15, 0.2) is 5.13 Å². The molecule has 3 aromatic rings. The fraction of sp³-hybridized carbons (Fsp3) is 0.222. The van der Waals surface area contributed by atoms with Crippen LogP contribution < -0.4 is 10.9 Å². The number of carbonyl (C=O) groups excluding carboxylic acids is 2. The Hall–Kier alpha value is -3.00. The molecule has 1 N–H and O–H groups in total. The molecule has 0 aliphatic carbocycles. The zero-order valence-corrected chi connectivity index (χ0v) is 15.7. The van der Waals surface area contributed by atoms with Gasteiger partial charge in [-0.2, -0.15) is 0 Å².